The van der Waals surface area contributed by atoms with Gasteiger partial charge in [0.15, 0.2) is 5.69 Å². The van der Waals surface area contributed by atoms with Crippen LogP contribution in [0.3, 0.4) is 0 Å². The molecule has 0 saturated carbocycles. The van der Waals surface area contributed by atoms with Crippen LogP contribution in [-0.2, 0) is 9.53 Å². The molecule has 6 nitrogen and oxygen atoms in total. The van der Waals surface area contributed by atoms with Gasteiger partial charge in [-0.2, -0.15) is 5.10 Å². The summed E-state index contributed by atoms with van der Waals surface area (Å²) in [6, 6.07) is 8.96. The molecule has 1 atom stereocenters. The Morgan fingerprint density at radius 1 is 1.28 bits per heavy atom. The molecule has 1 heterocycles. The van der Waals surface area contributed by atoms with E-state index in [1.165, 1.54) is 0 Å². The second kappa shape index (κ2) is 9.01. The Bertz CT molecular complexity index is 724. The van der Waals surface area contributed by atoms with Gasteiger partial charge in [0.05, 0.1) is 12.3 Å². The molecule has 6 heteroatoms. The van der Waals surface area contributed by atoms with E-state index in [0.717, 1.165) is 18.5 Å². The Hall–Kier alpha value is -2.63. The minimum atomic E-state index is -0.449. The Labute approximate surface area is 148 Å². The lowest BCUT2D eigenvalue weighted by atomic mass is 10.0. The molecule has 1 N–H and O–H groups in total. The lowest BCUT2D eigenvalue weighted by Gasteiger charge is -2.11. The molecule has 1 unspecified atom stereocenters. The summed E-state index contributed by atoms with van der Waals surface area (Å²) < 4.78 is 6.52. The zero-order valence-corrected chi connectivity index (χ0v) is 15.0. The van der Waals surface area contributed by atoms with Crippen molar-refractivity contribution in [2.24, 2.45) is 5.92 Å². The zero-order valence-electron chi connectivity index (χ0n) is 15.0. The summed E-state index contributed by atoms with van der Waals surface area (Å²) in [5.74, 6) is -0.0761. The number of esters is 1. The summed E-state index contributed by atoms with van der Waals surface area (Å²) in [5.41, 5.74) is 1.72. The number of amides is 1. The van der Waals surface area contributed by atoms with Gasteiger partial charge in [-0.1, -0.05) is 32.8 Å². The molecule has 0 radical (unpaired) electrons. The first kappa shape index (κ1) is 18.7. The van der Waals surface area contributed by atoms with Crippen molar-refractivity contribution in [3.8, 4) is 5.69 Å². The maximum absolute atomic E-state index is 12.1. The van der Waals surface area contributed by atoms with Crippen molar-refractivity contribution in [2.45, 2.75) is 40.0 Å². The molecule has 134 valence electrons. The van der Waals surface area contributed by atoms with Crippen LogP contribution in [0.25, 0.3) is 5.69 Å². The van der Waals surface area contributed by atoms with Crippen LogP contribution in [-0.4, -0.2) is 28.3 Å². The van der Waals surface area contributed by atoms with E-state index in [4.69, 9.17) is 4.74 Å². The third-order valence-electron chi connectivity index (χ3n) is 3.78. The van der Waals surface area contributed by atoms with Crippen LogP contribution in [0.15, 0.2) is 36.5 Å². The van der Waals surface area contributed by atoms with Crippen LogP contribution in [0.4, 0.5) is 5.69 Å². The molecule has 1 aromatic heterocycles. The van der Waals surface area contributed by atoms with Crippen LogP contribution in [0.2, 0.25) is 0 Å². The van der Waals surface area contributed by atoms with Gasteiger partial charge in [-0.3, -0.25) is 4.79 Å². The predicted octanol–water partition coefficient (Wildman–Crippen LogP) is 3.81. The van der Waals surface area contributed by atoms with Gasteiger partial charge in [0.1, 0.15) is 0 Å². The first-order valence-corrected chi connectivity index (χ1v) is 8.66. The van der Waals surface area contributed by atoms with Crippen LogP contribution < -0.4 is 5.32 Å². The first-order chi connectivity index (χ1) is 12.0. The molecule has 1 aromatic carbocycles. The van der Waals surface area contributed by atoms with Gasteiger partial charge in [-0.25, -0.2) is 9.48 Å². The molecule has 0 aliphatic rings. The van der Waals surface area contributed by atoms with Crippen LogP contribution in [0.1, 0.15) is 50.5 Å². The molecule has 0 bridgehead atoms. The van der Waals surface area contributed by atoms with Gasteiger partial charge >= 0.3 is 5.97 Å². The molecule has 2 rings (SSSR count). The lowest BCUT2D eigenvalue weighted by molar-refractivity contribution is -0.117. The Morgan fingerprint density at radius 2 is 2.08 bits per heavy atom. The minimum Gasteiger partial charge on any atom is -0.461 e. The molecule has 0 fully saturated rings. The highest BCUT2D eigenvalue weighted by Crippen LogP contribution is 2.17. The van der Waals surface area contributed by atoms with Crippen LogP contribution in [0.5, 0.6) is 0 Å². The van der Waals surface area contributed by atoms with Gasteiger partial charge in [0.2, 0.25) is 5.91 Å². The second-order valence-electron chi connectivity index (χ2n) is 6.06. The number of anilines is 1. The maximum atomic E-state index is 12.1. The van der Waals surface area contributed by atoms with E-state index in [9.17, 15) is 9.59 Å². The molecule has 25 heavy (non-hydrogen) atoms. The molecular weight excluding hydrogens is 318 g/mol. The Morgan fingerprint density at radius 3 is 2.80 bits per heavy atom. The summed E-state index contributed by atoms with van der Waals surface area (Å²) in [4.78, 5) is 23.8. The fourth-order valence-electron chi connectivity index (χ4n) is 2.63. The number of carbonyl (C=O) groups excluding carboxylic acids is 2. The average Bonchev–Trinajstić information content (AvgIpc) is 3.05. The van der Waals surface area contributed by atoms with E-state index in [1.54, 1.807) is 23.9 Å². The van der Waals surface area contributed by atoms with Crippen molar-refractivity contribution in [1.82, 2.24) is 9.78 Å². The number of nitrogens with one attached hydrogen (secondary N) is 1. The van der Waals surface area contributed by atoms with Gasteiger partial charge in [0.25, 0.3) is 0 Å². The molecule has 0 aliphatic carbocycles. The summed E-state index contributed by atoms with van der Waals surface area (Å²) in [6.45, 7) is 6.26. The number of aromatic nitrogens is 2. The number of ether oxygens (including phenoxy) is 1. The third-order valence-corrected chi connectivity index (χ3v) is 3.78. The fraction of sp³-hybridized carbons (Fsp3) is 0.421. The van der Waals surface area contributed by atoms with Crippen molar-refractivity contribution in [2.75, 3.05) is 11.9 Å². The molecule has 0 aliphatic heterocycles. The Kier molecular flexibility index (Phi) is 6.74. The summed E-state index contributed by atoms with van der Waals surface area (Å²) in [5, 5.41) is 7.14. The van der Waals surface area contributed by atoms with Crippen molar-refractivity contribution < 1.29 is 14.3 Å². The van der Waals surface area contributed by atoms with Gasteiger partial charge < -0.3 is 10.1 Å². The number of hydrogen-bond acceptors (Lipinski definition) is 4. The first-order valence-electron chi connectivity index (χ1n) is 8.66. The second-order valence-corrected chi connectivity index (χ2v) is 6.06. The Balaban J connectivity index is 2.06. The molecule has 2 aromatic rings. The highest BCUT2D eigenvalue weighted by atomic mass is 16.5. The van der Waals surface area contributed by atoms with E-state index in [2.05, 4.69) is 24.3 Å². The highest BCUT2D eigenvalue weighted by molar-refractivity contribution is 5.91. The largest absolute Gasteiger partial charge is 0.461 e. The van der Waals surface area contributed by atoms with E-state index in [1.807, 2.05) is 24.3 Å². The number of carbonyl (C=O) groups is 2. The van der Waals surface area contributed by atoms with E-state index >= 15 is 0 Å². The number of hydrogen-bond donors (Lipinski definition) is 1. The molecular formula is C19H25N3O3. The summed E-state index contributed by atoms with van der Waals surface area (Å²) >= 11 is 0. The third kappa shape index (κ3) is 5.45. The smallest absolute Gasteiger partial charge is 0.358 e. The SMILES string of the molecule is CCCC(C)CC(=O)Nc1cccc(-n2ccc(C(=O)OCC)n2)c1. The van der Waals surface area contributed by atoms with Crippen molar-refractivity contribution in [1.29, 1.82) is 0 Å². The maximum Gasteiger partial charge on any atom is 0.358 e. The molecule has 0 spiro atoms. The summed E-state index contributed by atoms with van der Waals surface area (Å²) in [7, 11) is 0. The number of rotatable bonds is 8. The van der Waals surface area contributed by atoms with E-state index in [-0.39, 0.29) is 11.6 Å². The zero-order chi connectivity index (χ0) is 18.2. The summed E-state index contributed by atoms with van der Waals surface area (Å²) in [6.07, 6.45) is 4.31. The number of nitrogens with zero attached hydrogens (tertiary/aromatic N) is 2. The monoisotopic (exact) mass is 343 g/mol. The van der Waals surface area contributed by atoms with Crippen LogP contribution >= 0.6 is 0 Å². The van der Waals surface area contributed by atoms with Gasteiger partial charge in [-0.05, 0) is 37.1 Å². The minimum absolute atomic E-state index is 0.00535. The van der Waals surface area contributed by atoms with Crippen molar-refractivity contribution in [3.05, 3.63) is 42.2 Å². The average molecular weight is 343 g/mol. The molecule has 1 amide bonds. The van der Waals surface area contributed by atoms with Crippen molar-refractivity contribution >= 4 is 17.6 Å². The molecule has 0 saturated heterocycles. The highest BCUT2D eigenvalue weighted by Gasteiger charge is 2.12. The quantitative estimate of drug-likeness (QED) is 0.740. The lowest BCUT2D eigenvalue weighted by Crippen LogP contribution is -2.15. The topological polar surface area (TPSA) is 73.2 Å². The van der Waals surface area contributed by atoms with Gasteiger partial charge in [-0.15, -0.1) is 0 Å². The van der Waals surface area contributed by atoms with E-state index < -0.39 is 5.97 Å². The fourth-order valence-corrected chi connectivity index (χ4v) is 2.63. The van der Waals surface area contributed by atoms with Crippen molar-refractivity contribution in [3.63, 3.8) is 0 Å². The van der Waals surface area contributed by atoms with Gasteiger partial charge in [0, 0.05) is 18.3 Å². The standard InChI is InChI=1S/C19H25N3O3/c1-4-7-14(3)12-18(23)20-15-8-6-9-16(13-15)22-11-10-17(21-22)19(24)25-5-2/h6,8-11,13-14H,4-5,7,12H2,1-3H3,(H,20,23). The normalized spacial score (nSPS) is 11.8. The predicted molar refractivity (Wildman–Crippen MR) is 96.8 cm³/mol. The van der Waals surface area contributed by atoms with E-state index in [0.29, 0.717) is 24.6 Å². The van der Waals surface area contributed by atoms with Crippen LogP contribution in [0, 0.1) is 5.92 Å². The number of benzene rings is 1.